The van der Waals surface area contributed by atoms with E-state index in [-0.39, 0.29) is 11.9 Å². The van der Waals surface area contributed by atoms with Gasteiger partial charge in [-0.2, -0.15) is 0 Å². The fraction of sp³-hybridized carbons (Fsp3) is 0.500. The topological polar surface area (TPSA) is 64.2 Å². The molecule has 0 spiro atoms. The number of hydrogen-bond donors (Lipinski definition) is 0. The second-order valence-electron chi connectivity index (χ2n) is 5.60. The number of hydrogen-bond acceptors (Lipinski definition) is 4. The van der Waals surface area contributed by atoms with Crippen LogP contribution in [0, 0.1) is 0 Å². The van der Waals surface area contributed by atoms with Crippen molar-refractivity contribution in [3.8, 4) is 0 Å². The summed E-state index contributed by atoms with van der Waals surface area (Å²) in [7, 11) is 0. The van der Waals surface area contributed by atoms with Gasteiger partial charge in [-0.25, -0.2) is 4.68 Å². The third-order valence-electron chi connectivity index (χ3n) is 4.12. The molecule has 1 atom stereocenters. The molecule has 0 radical (unpaired) electrons. The van der Waals surface area contributed by atoms with Crippen molar-refractivity contribution in [1.82, 2.24) is 19.9 Å². The molecule has 2 aliphatic rings. The highest BCUT2D eigenvalue weighted by molar-refractivity contribution is 5.94. The van der Waals surface area contributed by atoms with Gasteiger partial charge in [-0.3, -0.25) is 4.79 Å². The summed E-state index contributed by atoms with van der Waals surface area (Å²) in [5, 5.41) is 8.46. The first kappa shape index (κ1) is 11.7. The molecule has 2 aromatic rings. The summed E-state index contributed by atoms with van der Waals surface area (Å²) in [6.07, 6.45) is 8.46. The maximum Gasteiger partial charge on any atom is 0.257 e. The molecule has 1 saturated heterocycles. The summed E-state index contributed by atoms with van der Waals surface area (Å²) in [6.45, 7) is 1.45. The Morgan fingerprint density at radius 1 is 1.35 bits per heavy atom. The van der Waals surface area contributed by atoms with Crippen LogP contribution >= 0.6 is 0 Å². The maximum atomic E-state index is 12.2. The second kappa shape index (κ2) is 4.47. The average molecular weight is 272 g/mol. The van der Waals surface area contributed by atoms with E-state index in [0.717, 1.165) is 18.7 Å². The molecule has 6 heteroatoms. The van der Waals surface area contributed by atoms with Gasteiger partial charge in [0.15, 0.2) is 0 Å². The fourth-order valence-electron chi connectivity index (χ4n) is 2.75. The molecule has 1 aliphatic heterocycles. The molecular weight excluding hydrogens is 256 g/mol. The number of carbonyl (C=O) groups excluding carboxylic acids is 1. The molecule has 1 aliphatic carbocycles. The Morgan fingerprint density at radius 2 is 2.25 bits per heavy atom. The van der Waals surface area contributed by atoms with Gasteiger partial charge < -0.3 is 9.32 Å². The molecule has 4 rings (SSSR count). The van der Waals surface area contributed by atoms with Gasteiger partial charge in [-0.1, -0.05) is 5.21 Å². The minimum Gasteiger partial charge on any atom is -0.472 e. The number of furan rings is 1. The lowest BCUT2D eigenvalue weighted by molar-refractivity contribution is 0.0786. The molecule has 0 N–H and O–H groups in total. The van der Waals surface area contributed by atoms with Crippen molar-refractivity contribution < 1.29 is 9.21 Å². The standard InChI is InChI=1S/C14H16N4O2/c19-14(11-4-6-20-9-11)17-5-3-12(7-17)18-8-13(15-16-18)10-1-2-10/h4,6,8-10,12H,1-3,5,7H2. The molecule has 1 amide bonds. The molecule has 20 heavy (non-hydrogen) atoms. The molecule has 0 aromatic carbocycles. The Balaban J connectivity index is 1.45. The Kier molecular flexibility index (Phi) is 2.61. The predicted molar refractivity (Wildman–Crippen MR) is 70.3 cm³/mol. The van der Waals surface area contributed by atoms with Gasteiger partial charge in [-0.05, 0) is 25.3 Å². The van der Waals surface area contributed by atoms with Crippen LogP contribution in [0.2, 0.25) is 0 Å². The molecular formula is C14H16N4O2. The van der Waals surface area contributed by atoms with Gasteiger partial charge in [0.05, 0.1) is 23.6 Å². The van der Waals surface area contributed by atoms with Crippen LogP contribution in [0.4, 0.5) is 0 Å². The third kappa shape index (κ3) is 2.01. The van der Waals surface area contributed by atoms with Crippen molar-refractivity contribution in [2.24, 2.45) is 0 Å². The quantitative estimate of drug-likeness (QED) is 0.855. The Morgan fingerprint density at radius 3 is 3.00 bits per heavy atom. The van der Waals surface area contributed by atoms with E-state index in [1.165, 1.54) is 25.4 Å². The van der Waals surface area contributed by atoms with Gasteiger partial charge in [-0.15, -0.1) is 5.10 Å². The number of rotatable bonds is 3. The highest BCUT2D eigenvalue weighted by atomic mass is 16.3. The highest BCUT2D eigenvalue weighted by Gasteiger charge is 2.31. The van der Waals surface area contributed by atoms with Gasteiger partial charge >= 0.3 is 0 Å². The van der Waals surface area contributed by atoms with Gasteiger partial charge in [0.1, 0.15) is 6.26 Å². The lowest BCUT2D eigenvalue weighted by Gasteiger charge is -2.15. The molecule has 1 saturated carbocycles. The molecule has 6 nitrogen and oxygen atoms in total. The summed E-state index contributed by atoms with van der Waals surface area (Å²) in [5.74, 6) is 0.651. The molecule has 2 aromatic heterocycles. The molecule has 2 fully saturated rings. The summed E-state index contributed by atoms with van der Waals surface area (Å²) in [5.41, 5.74) is 1.72. The van der Waals surface area contributed by atoms with Crippen LogP contribution in [0.15, 0.2) is 29.2 Å². The first-order valence-corrected chi connectivity index (χ1v) is 7.04. The first-order valence-electron chi connectivity index (χ1n) is 7.04. The van der Waals surface area contributed by atoms with Gasteiger partial charge in [0, 0.05) is 25.2 Å². The lowest BCUT2D eigenvalue weighted by Crippen LogP contribution is -2.28. The van der Waals surface area contributed by atoms with Crippen LogP contribution in [-0.2, 0) is 0 Å². The van der Waals surface area contributed by atoms with E-state index in [1.54, 1.807) is 6.07 Å². The SMILES string of the molecule is O=C(c1ccoc1)N1CCC(n2cc(C3CC3)nn2)C1. The number of nitrogens with zero attached hydrogens (tertiary/aromatic N) is 4. The van der Waals surface area contributed by atoms with E-state index < -0.39 is 0 Å². The molecule has 0 bridgehead atoms. The number of aromatic nitrogens is 3. The molecule has 1 unspecified atom stereocenters. The highest BCUT2D eigenvalue weighted by Crippen LogP contribution is 2.39. The zero-order valence-electron chi connectivity index (χ0n) is 11.1. The summed E-state index contributed by atoms with van der Waals surface area (Å²) in [6, 6.07) is 1.95. The van der Waals surface area contributed by atoms with Crippen LogP contribution in [0.5, 0.6) is 0 Å². The van der Waals surface area contributed by atoms with Crippen molar-refractivity contribution in [1.29, 1.82) is 0 Å². The molecule has 3 heterocycles. The van der Waals surface area contributed by atoms with Crippen molar-refractivity contribution in [3.05, 3.63) is 36.0 Å². The number of amides is 1. The van der Waals surface area contributed by atoms with Crippen LogP contribution < -0.4 is 0 Å². The smallest absolute Gasteiger partial charge is 0.257 e. The van der Waals surface area contributed by atoms with Crippen molar-refractivity contribution in [2.75, 3.05) is 13.1 Å². The van der Waals surface area contributed by atoms with Gasteiger partial charge in [0.2, 0.25) is 0 Å². The normalized spacial score (nSPS) is 22.4. The zero-order chi connectivity index (χ0) is 13.5. The van der Waals surface area contributed by atoms with Crippen molar-refractivity contribution in [3.63, 3.8) is 0 Å². The van der Waals surface area contributed by atoms with Crippen LogP contribution in [0.25, 0.3) is 0 Å². The van der Waals surface area contributed by atoms with E-state index in [2.05, 4.69) is 10.3 Å². The van der Waals surface area contributed by atoms with E-state index in [1.807, 2.05) is 15.8 Å². The van der Waals surface area contributed by atoms with Crippen LogP contribution in [0.1, 0.15) is 47.3 Å². The minimum absolute atomic E-state index is 0.0313. The van der Waals surface area contributed by atoms with Crippen LogP contribution in [-0.4, -0.2) is 38.9 Å². The van der Waals surface area contributed by atoms with E-state index >= 15 is 0 Å². The maximum absolute atomic E-state index is 12.2. The largest absolute Gasteiger partial charge is 0.472 e. The predicted octanol–water partition coefficient (Wildman–Crippen LogP) is 1.84. The van der Waals surface area contributed by atoms with E-state index in [9.17, 15) is 4.79 Å². The Hall–Kier alpha value is -2.11. The fourth-order valence-corrected chi connectivity index (χ4v) is 2.75. The first-order chi connectivity index (χ1) is 9.81. The minimum atomic E-state index is 0.0313. The number of carbonyl (C=O) groups is 1. The second-order valence-corrected chi connectivity index (χ2v) is 5.60. The Labute approximate surface area is 116 Å². The summed E-state index contributed by atoms with van der Waals surface area (Å²) < 4.78 is 6.90. The van der Waals surface area contributed by atoms with Crippen LogP contribution in [0.3, 0.4) is 0 Å². The third-order valence-corrected chi connectivity index (χ3v) is 4.12. The number of likely N-dealkylation sites (tertiary alicyclic amines) is 1. The lowest BCUT2D eigenvalue weighted by atomic mass is 10.2. The van der Waals surface area contributed by atoms with Crippen molar-refractivity contribution in [2.45, 2.75) is 31.2 Å². The summed E-state index contributed by atoms with van der Waals surface area (Å²) >= 11 is 0. The summed E-state index contributed by atoms with van der Waals surface area (Å²) in [4.78, 5) is 14.1. The monoisotopic (exact) mass is 272 g/mol. The van der Waals surface area contributed by atoms with E-state index in [0.29, 0.717) is 18.0 Å². The average Bonchev–Trinajstić information content (AvgIpc) is 2.98. The zero-order valence-corrected chi connectivity index (χ0v) is 11.1. The van der Waals surface area contributed by atoms with Crippen molar-refractivity contribution >= 4 is 5.91 Å². The van der Waals surface area contributed by atoms with Gasteiger partial charge in [0.25, 0.3) is 5.91 Å². The van der Waals surface area contributed by atoms with E-state index in [4.69, 9.17) is 4.42 Å². The Bertz CT molecular complexity index is 615. The molecule has 104 valence electrons.